The molecule has 3 amide bonds. The van der Waals surface area contributed by atoms with E-state index in [0.29, 0.717) is 5.56 Å². The largest absolute Gasteiger partial charge is 0.449 e. The van der Waals surface area contributed by atoms with Gasteiger partial charge in [-0.25, -0.2) is 18.0 Å². The molecular weight excluding hydrogens is 360 g/mol. The zero-order chi connectivity index (χ0) is 20.1. The van der Waals surface area contributed by atoms with Crippen LogP contribution in [0.1, 0.15) is 43.6 Å². The molecule has 0 radical (unpaired) electrons. The molecule has 1 atom stereocenters. The van der Waals surface area contributed by atoms with Crippen LogP contribution in [0.5, 0.6) is 0 Å². The van der Waals surface area contributed by atoms with Crippen LogP contribution in [0.15, 0.2) is 24.3 Å². The number of rotatable bonds is 5. The monoisotopic (exact) mass is 384 g/mol. The van der Waals surface area contributed by atoms with E-state index in [2.05, 4.69) is 10.6 Å². The lowest BCUT2D eigenvalue weighted by molar-refractivity contribution is -0.127. The van der Waals surface area contributed by atoms with Crippen molar-refractivity contribution in [2.45, 2.75) is 45.1 Å². The zero-order valence-electron chi connectivity index (χ0n) is 15.5. The standard InChI is InChI=1S/C17H24N2O6S/c1-11(14(20)18-16(22)19-17(2,3)4)25-15(21)13-8-6-7-12(9-13)10-26(5,23)24/h6-9,11H,10H2,1-5H3,(H2,18,19,20,22). The van der Waals surface area contributed by atoms with Gasteiger partial charge in [-0.05, 0) is 45.4 Å². The molecule has 1 rings (SSSR count). The fraction of sp³-hybridized carbons (Fsp3) is 0.471. The molecule has 2 N–H and O–H groups in total. The fourth-order valence-corrected chi connectivity index (χ4v) is 2.74. The number of hydrogen-bond donors (Lipinski definition) is 2. The molecule has 0 aliphatic carbocycles. The number of nitrogens with one attached hydrogen (secondary N) is 2. The first-order chi connectivity index (χ1) is 11.8. The van der Waals surface area contributed by atoms with Gasteiger partial charge < -0.3 is 10.1 Å². The highest BCUT2D eigenvalue weighted by Gasteiger charge is 2.23. The van der Waals surface area contributed by atoms with Gasteiger partial charge in [-0.1, -0.05) is 12.1 Å². The molecule has 26 heavy (non-hydrogen) atoms. The van der Waals surface area contributed by atoms with E-state index in [-0.39, 0.29) is 11.3 Å². The van der Waals surface area contributed by atoms with E-state index >= 15 is 0 Å². The average Bonchev–Trinajstić information content (AvgIpc) is 2.43. The first-order valence-corrected chi connectivity index (χ1v) is 9.93. The summed E-state index contributed by atoms with van der Waals surface area (Å²) < 4.78 is 27.7. The predicted molar refractivity (Wildman–Crippen MR) is 96.3 cm³/mol. The van der Waals surface area contributed by atoms with E-state index in [4.69, 9.17) is 4.74 Å². The number of urea groups is 1. The van der Waals surface area contributed by atoms with E-state index < -0.39 is 39.4 Å². The summed E-state index contributed by atoms with van der Waals surface area (Å²) in [6, 6.07) is 5.25. The van der Waals surface area contributed by atoms with Crippen LogP contribution in [0.3, 0.4) is 0 Å². The molecule has 0 saturated carbocycles. The Morgan fingerprint density at radius 1 is 1.19 bits per heavy atom. The van der Waals surface area contributed by atoms with Crippen molar-refractivity contribution >= 4 is 27.7 Å². The van der Waals surface area contributed by atoms with E-state index in [9.17, 15) is 22.8 Å². The highest BCUT2D eigenvalue weighted by molar-refractivity contribution is 7.89. The Kier molecular flexibility index (Phi) is 6.91. The SMILES string of the molecule is CC(OC(=O)c1cccc(CS(C)(=O)=O)c1)C(=O)NC(=O)NC(C)(C)C. The Morgan fingerprint density at radius 2 is 1.81 bits per heavy atom. The Morgan fingerprint density at radius 3 is 2.35 bits per heavy atom. The molecule has 0 fully saturated rings. The summed E-state index contributed by atoms with van der Waals surface area (Å²) in [5.41, 5.74) is 0.0261. The summed E-state index contributed by atoms with van der Waals surface area (Å²) in [6.07, 6.45) is -0.112. The van der Waals surface area contributed by atoms with E-state index in [1.54, 1.807) is 26.8 Å². The Bertz CT molecular complexity index is 796. The minimum Gasteiger partial charge on any atom is -0.449 e. The number of benzene rings is 1. The first-order valence-electron chi connectivity index (χ1n) is 7.87. The van der Waals surface area contributed by atoms with Crippen LogP contribution in [0, 0.1) is 0 Å². The van der Waals surface area contributed by atoms with Crippen molar-refractivity contribution in [2.75, 3.05) is 6.26 Å². The lowest BCUT2D eigenvalue weighted by Gasteiger charge is -2.21. The number of ether oxygens (including phenoxy) is 1. The predicted octanol–water partition coefficient (Wildman–Crippen LogP) is 1.40. The van der Waals surface area contributed by atoms with E-state index in [1.165, 1.54) is 25.1 Å². The Balaban J connectivity index is 2.71. The van der Waals surface area contributed by atoms with Crippen molar-refractivity contribution in [3.05, 3.63) is 35.4 Å². The van der Waals surface area contributed by atoms with Gasteiger partial charge in [-0.3, -0.25) is 10.1 Å². The van der Waals surface area contributed by atoms with Gasteiger partial charge in [-0.2, -0.15) is 0 Å². The van der Waals surface area contributed by atoms with Gasteiger partial charge in [0.25, 0.3) is 5.91 Å². The average molecular weight is 384 g/mol. The van der Waals surface area contributed by atoms with Crippen LogP contribution in [0.4, 0.5) is 4.79 Å². The lowest BCUT2D eigenvalue weighted by atomic mass is 10.1. The second kappa shape index (κ2) is 8.31. The molecule has 1 unspecified atom stereocenters. The van der Waals surface area contributed by atoms with Gasteiger partial charge in [0.1, 0.15) is 0 Å². The molecule has 9 heteroatoms. The summed E-state index contributed by atoms with van der Waals surface area (Å²) >= 11 is 0. The van der Waals surface area contributed by atoms with Crippen molar-refractivity contribution in [3.8, 4) is 0 Å². The zero-order valence-corrected chi connectivity index (χ0v) is 16.3. The quantitative estimate of drug-likeness (QED) is 0.741. The van der Waals surface area contributed by atoms with Crippen LogP contribution in [0.25, 0.3) is 0 Å². The second-order valence-electron chi connectivity index (χ2n) is 7.01. The van der Waals surface area contributed by atoms with Crippen molar-refractivity contribution in [3.63, 3.8) is 0 Å². The molecule has 0 bridgehead atoms. The summed E-state index contributed by atoms with van der Waals surface area (Å²) in [5.74, 6) is -1.77. The number of sulfone groups is 1. The maximum atomic E-state index is 12.1. The molecule has 0 aliphatic heterocycles. The maximum Gasteiger partial charge on any atom is 0.338 e. The van der Waals surface area contributed by atoms with Gasteiger partial charge in [0, 0.05) is 11.8 Å². The number of esters is 1. The third-order valence-corrected chi connectivity index (χ3v) is 3.83. The van der Waals surface area contributed by atoms with E-state index in [0.717, 1.165) is 6.26 Å². The Labute approximate surface area is 153 Å². The highest BCUT2D eigenvalue weighted by Crippen LogP contribution is 2.11. The highest BCUT2D eigenvalue weighted by atomic mass is 32.2. The minimum absolute atomic E-state index is 0.116. The van der Waals surface area contributed by atoms with Crippen LogP contribution >= 0.6 is 0 Å². The molecule has 0 aromatic heterocycles. The second-order valence-corrected chi connectivity index (χ2v) is 9.15. The molecule has 0 spiro atoms. The molecule has 1 aromatic rings. The summed E-state index contributed by atoms with van der Waals surface area (Å²) in [7, 11) is -3.25. The molecule has 144 valence electrons. The van der Waals surface area contributed by atoms with Crippen LogP contribution in [-0.2, 0) is 25.1 Å². The third kappa shape index (κ3) is 8.11. The van der Waals surface area contributed by atoms with Crippen LogP contribution < -0.4 is 10.6 Å². The van der Waals surface area contributed by atoms with Crippen molar-refractivity contribution < 1.29 is 27.5 Å². The van der Waals surface area contributed by atoms with Gasteiger partial charge >= 0.3 is 12.0 Å². The third-order valence-electron chi connectivity index (χ3n) is 2.97. The fourth-order valence-electron chi connectivity index (χ4n) is 1.96. The number of hydrogen-bond acceptors (Lipinski definition) is 6. The molecule has 0 heterocycles. The summed E-state index contributed by atoms with van der Waals surface area (Å²) in [5, 5.41) is 4.64. The molecular formula is C17H24N2O6S. The van der Waals surface area contributed by atoms with Crippen molar-refractivity contribution in [2.24, 2.45) is 0 Å². The van der Waals surface area contributed by atoms with Crippen LogP contribution in [0.2, 0.25) is 0 Å². The molecule has 0 aliphatic rings. The van der Waals surface area contributed by atoms with Gasteiger partial charge in [0.05, 0.1) is 11.3 Å². The maximum absolute atomic E-state index is 12.1. The van der Waals surface area contributed by atoms with Gasteiger partial charge in [-0.15, -0.1) is 0 Å². The smallest absolute Gasteiger partial charge is 0.338 e. The summed E-state index contributed by atoms with van der Waals surface area (Å²) in [4.78, 5) is 35.7. The molecule has 1 aromatic carbocycles. The number of carbonyl (C=O) groups excluding carboxylic acids is 3. The van der Waals surface area contributed by atoms with Gasteiger partial charge in [0.2, 0.25) is 0 Å². The van der Waals surface area contributed by atoms with E-state index in [1.807, 2.05) is 0 Å². The normalized spacial score (nSPS) is 12.8. The topological polar surface area (TPSA) is 119 Å². The van der Waals surface area contributed by atoms with Crippen molar-refractivity contribution in [1.29, 1.82) is 0 Å². The molecule has 8 nitrogen and oxygen atoms in total. The van der Waals surface area contributed by atoms with Gasteiger partial charge in [0.15, 0.2) is 15.9 Å². The number of imide groups is 1. The minimum atomic E-state index is -3.25. The first kappa shape index (κ1) is 21.6. The van der Waals surface area contributed by atoms with Crippen molar-refractivity contribution in [1.82, 2.24) is 10.6 Å². The van der Waals surface area contributed by atoms with Crippen LogP contribution in [-0.4, -0.2) is 44.2 Å². The molecule has 0 saturated heterocycles. The Hall–Kier alpha value is -2.42. The number of amides is 3. The lowest BCUT2D eigenvalue weighted by Crippen LogP contribution is -2.50. The summed E-state index contributed by atoms with van der Waals surface area (Å²) in [6.45, 7) is 6.59. The number of carbonyl (C=O) groups is 3.